The summed E-state index contributed by atoms with van der Waals surface area (Å²) >= 11 is 0. The summed E-state index contributed by atoms with van der Waals surface area (Å²) in [6.45, 7) is 0.256. The molecule has 0 aliphatic rings. The number of carbonyl (C=O) groups excluding carboxylic acids is 1. The fourth-order valence-electron chi connectivity index (χ4n) is 2.77. The van der Waals surface area contributed by atoms with Crippen LogP contribution in [0.3, 0.4) is 0 Å². The minimum atomic E-state index is -3.60. The van der Waals surface area contributed by atoms with Crippen LogP contribution in [0.4, 0.5) is 8.78 Å². The standard InChI is InChI=1S/C20H19F2N3O4S/c21-15-2-1-3-16(22)20(15)17-11-25-19(29-17)9-8-18(26)24-10-13-4-6-14(7-5-13)12-30(23,27)28/h1-7,11H,8-10,12H2,(H,24,26)(H2,23,27,28). The molecular weight excluding hydrogens is 416 g/mol. The summed E-state index contributed by atoms with van der Waals surface area (Å²) in [6.07, 6.45) is 1.45. The van der Waals surface area contributed by atoms with Gasteiger partial charge in [-0.05, 0) is 23.3 Å². The van der Waals surface area contributed by atoms with Gasteiger partial charge in [0.25, 0.3) is 0 Å². The second kappa shape index (κ2) is 9.14. The number of aromatic nitrogens is 1. The van der Waals surface area contributed by atoms with Gasteiger partial charge in [-0.15, -0.1) is 0 Å². The molecule has 10 heteroatoms. The molecule has 0 saturated carbocycles. The van der Waals surface area contributed by atoms with Gasteiger partial charge in [-0.1, -0.05) is 30.3 Å². The maximum absolute atomic E-state index is 13.8. The molecule has 0 atom stereocenters. The summed E-state index contributed by atoms with van der Waals surface area (Å²) in [6, 6.07) is 10.1. The van der Waals surface area contributed by atoms with E-state index in [9.17, 15) is 22.0 Å². The number of nitrogens with two attached hydrogens (primary N) is 1. The van der Waals surface area contributed by atoms with E-state index < -0.39 is 21.7 Å². The van der Waals surface area contributed by atoms with Crippen LogP contribution in [0.1, 0.15) is 23.4 Å². The molecule has 3 rings (SSSR count). The molecule has 0 spiro atoms. The van der Waals surface area contributed by atoms with E-state index in [-0.39, 0.29) is 48.3 Å². The van der Waals surface area contributed by atoms with Crippen molar-refractivity contribution in [3.63, 3.8) is 0 Å². The predicted molar refractivity (Wildman–Crippen MR) is 105 cm³/mol. The molecule has 3 aromatic rings. The number of aryl methyl sites for hydroxylation is 1. The zero-order valence-corrected chi connectivity index (χ0v) is 16.6. The molecule has 7 nitrogen and oxygen atoms in total. The average molecular weight is 435 g/mol. The van der Waals surface area contributed by atoms with Crippen molar-refractivity contribution in [3.05, 3.63) is 77.3 Å². The smallest absolute Gasteiger partial charge is 0.220 e. The number of benzene rings is 2. The van der Waals surface area contributed by atoms with Crippen LogP contribution in [0.25, 0.3) is 11.3 Å². The topological polar surface area (TPSA) is 115 Å². The summed E-state index contributed by atoms with van der Waals surface area (Å²) in [5.41, 5.74) is 1.04. The highest BCUT2D eigenvalue weighted by atomic mass is 32.2. The molecule has 0 radical (unpaired) electrons. The molecule has 0 unspecified atom stereocenters. The van der Waals surface area contributed by atoms with Gasteiger partial charge in [-0.25, -0.2) is 27.3 Å². The number of hydrogen-bond donors (Lipinski definition) is 2. The number of nitrogens with zero attached hydrogens (tertiary/aromatic N) is 1. The number of oxazole rings is 1. The Balaban J connectivity index is 1.50. The fraction of sp³-hybridized carbons (Fsp3) is 0.200. The quantitative estimate of drug-likeness (QED) is 0.564. The van der Waals surface area contributed by atoms with Crippen LogP contribution in [0.5, 0.6) is 0 Å². The monoisotopic (exact) mass is 435 g/mol. The Bertz CT molecular complexity index is 1120. The number of carbonyl (C=O) groups is 1. The van der Waals surface area contributed by atoms with Gasteiger partial charge in [0.05, 0.1) is 17.5 Å². The molecular formula is C20H19F2N3O4S. The van der Waals surface area contributed by atoms with E-state index in [2.05, 4.69) is 10.3 Å². The van der Waals surface area contributed by atoms with E-state index in [0.717, 1.165) is 17.7 Å². The van der Waals surface area contributed by atoms with Gasteiger partial charge in [0.1, 0.15) is 11.6 Å². The fourth-order valence-corrected chi connectivity index (χ4v) is 3.43. The first-order valence-electron chi connectivity index (χ1n) is 8.95. The number of sulfonamides is 1. The van der Waals surface area contributed by atoms with Gasteiger partial charge < -0.3 is 9.73 Å². The lowest BCUT2D eigenvalue weighted by atomic mass is 10.1. The normalized spacial score (nSPS) is 11.4. The molecule has 1 heterocycles. The lowest BCUT2D eigenvalue weighted by molar-refractivity contribution is -0.121. The van der Waals surface area contributed by atoms with Crippen molar-refractivity contribution in [2.24, 2.45) is 5.14 Å². The predicted octanol–water partition coefficient (Wildman–Crippen LogP) is 2.66. The van der Waals surface area contributed by atoms with Gasteiger partial charge in [0.15, 0.2) is 11.7 Å². The molecule has 0 saturated heterocycles. The van der Waals surface area contributed by atoms with Crippen LogP contribution >= 0.6 is 0 Å². The third-order valence-corrected chi connectivity index (χ3v) is 4.94. The Morgan fingerprint density at radius 1 is 1.07 bits per heavy atom. The third kappa shape index (κ3) is 5.94. The van der Waals surface area contributed by atoms with Crippen molar-refractivity contribution < 1.29 is 26.4 Å². The highest BCUT2D eigenvalue weighted by Gasteiger charge is 2.16. The van der Waals surface area contributed by atoms with E-state index >= 15 is 0 Å². The van der Waals surface area contributed by atoms with Crippen molar-refractivity contribution >= 4 is 15.9 Å². The Morgan fingerprint density at radius 3 is 2.33 bits per heavy atom. The van der Waals surface area contributed by atoms with E-state index in [1.807, 2.05) is 0 Å². The van der Waals surface area contributed by atoms with Crippen molar-refractivity contribution in [2.75, 3.05) is 0 Å². The molecule has 1 aromatic heterocycles. The zero-order valence-electron chi connectivity index (χ0n) is 15.8. The van der Waals surface area contributed by atoms with Gasteiger partial charge in [0.2, 0.25) is 15.9 Å². The van der Waals surface area contributed by atoms with Crippen LogP contribution in [0.15, 0.2) is 53.1 Å². The van der Waals surface area contributed by atoms with E-state index in [1.54, 1.807) is 24.3 Å². The SMILES string of the molecule is NS(=O)(=O)Cc1ccc(CNC(=O)CCc2ncc(-c3c(F)cccc3F)o2)cc1. The van der Waals surface area contributed by atoms with Crippen molar-refractivity contribution in [3.8, 4) is 11.3 Å². The first-order chi connectivity index (χ1) is 14.2. The Morgan fingerprint density at radius 2 is 1.70 bits per heavy atom. The summed E-state index contributed by atoms with van der Waals surface area (Å²) in [7, 11) is -3.60. The molecule has 158 valence electrons. The van der Waals surface area contributed by atoms with Gasteiger partial charge in [-0.3, -0.25) is 4.79 Å². The minimum absolute atomic E-state index is 0.0411. The number of rotatable bonds is 8. The Labute approximate surface area is 172 Å². The van der Waals surface area contributed by atoms with Gasteiger partial charge in [0, 0.05) is 19.4 Å². The van der Waals surface area contributed by atoms with Crippen LogP contribution in [-0.2, 0) is 33.5 Å². The molecule has 2 aromatic carbocycles. The maximum Gasteiger partial charge on any atom is 0.220 e. The van der Waals surface area contributed by atoms with E-state index in [4.69, 9.17) is 9.56 Å². The van der Waals surface area contributed by atoms with Crippen LogP contribution in [0.2, 0.25) is 0 Å². The van der Waals surface area contributed by atoms with Crippen LogP contribution in [0, 0.1) is 11.6 Å². The van der Waals surface area contributed by atoms with Gasteiger partial charge in [-0.2, -0.15) is 0 Å². The summed E-state index contributed by atoms with van der Waals surface area (Å²) in [4.78, 5) is 16.0. The first-order valence-corrected chi connectivity index (χ1v) is 10.7. The van der Waals surface area contributed by atoms with E-state index in [0.29, 0.717) is 5.56 Å². The molecule has 0 aliphatic heterocycles. The number of amides is 1. The second-order valence-corrected chi connectivity index (χ2v) is 8.23. The number of hydrogen-bond acceptors (Lipinski definition) is 5. The molecule has 3 N–H and O–H groups in total. The maximum atomic E-state index is 13.8. The lowest BCUT2D eigenvalue weighted by Gasteiger charge is -2.06. The molecule has 0 aliphatic carbocycles. The molecule has 30 heavy (non-hydrogen) atoms. The first kappa shape index (κ1) is 21.6. The van der Waals surface area contributed by atoms with Crippen molar-refractivity contribution in [1.82, 2.24) is 10.3 Å². The minimum Gasteiger partial charge on any atom is -0.441 e. The van der Waals surface area contributed by atoms with E-state index in [1.165, 1.54) is 12.3 Å². The van der Waals surface area contributed by atoms with Crippen molar-refractivity contribution in [1.29, 1.82) is 0 Å². The van der Waals surface area contributed by atoms with Crippen LogP contribution < -0.4 is 10.5 Å². The van der Waals surface area contributed by atoms with Gasteiger partial charge >= 0.3 is 0 Å². The number of nitrogens with one attached hydrogen (secondary N) is 1. The molecule has 1 amide bonds. The number of halogens is 2. The third-order valence-electron chi connectivity index (χ3n) is 4.21. The lowest BCUT2D eigenvalue weighted by Crippen LogP contribution is -2.23. The summed E-state index contributed by atoms with van der Waals surface area (Å²) in [5, 5.41) is 7.72. The largest absolute Gasteiger partial charge is 0.441 e. The Hall–Kier alpha value is -3.11. The number of primary sulfonamides is 1. The summed E-state index contributed by atoms with van der Waals surface area (Å²) in [5.74, 6) is -1.89. The zero-order chi connectivity index (χ0) is 21.7. The second-order valence-electron chi connectivity index (χ2n) is 6.62. The Kier molecular flexibility index (Phi) is 6.58. The molecule has 0 bridgehead atoms. The highest BCUT2D eigenvalue weighted by molar-refractivity contribution is 7.88. The van der Waals surface area contributed by atoms with Crippen LogP contribution in [-0.4, -0.2) is 19.3 Å². The van der Waals surface area contributed by atoms with Crippen molar-refractivity contribution in [2.45, 2.75) is 25.1 Å². The highest BCUT2D eigenvalue weighted by Crippen LogP contribution is 2.26. The summed E-state index contributed by atoms with van der Waals surface area (Å²) < 4.78 is 55.1. The molecule has 0 fully saturated rings. The average Bonchev–Trinajstić information content (AvgIpc) is 3.13.